The SMILES string of the molecule is CC1CN(C)CCN1S(=O)(=O)c1c(Br)cc(N)cc1Br. The Morgan fingerprint density at radius 2 is 1.80 bits per heavy atom. The summed E-state index contributed by atoms with van der Waals surface area (Å²) in [5.41, 5.74) is 6.23. The van der Waals surface area contributed by atoms with E-state index in [0.717, 1.165) is 13.1 Å². The van der Waals surface area contributed by atoms with Crippen LogP contribution >= 0.6 is 31.9 Å². The second-order valence-electron chi connectivity index (χ2n) is 5.04. The summed E-state index contributed by atoms with van der Waals surface area (Å²) in [6.07, 6.45) is 0. The Labute approximate surface area is 136 Å². The zero-order chi connectivity index (χ0) is 15.1. The minimum Gasteiger partial charge on any atom is -0.399 e. The number of nitrogens with two attached hydrogens (primary N) is 1. The van der Waals surface area contributed by atoms with Crippen molar-refractivity contribution < 1.29 is 8.42 Å². The normalized spacial score (nSPS) is 22.1. The lowest BCUT2D eigenvalue weighted by Gasteiger charge is -2.37. The molecule has 1 aliphatic heterocycles. The zero-order valence-corrected chi connectivity index (χ0v) is 15.3. The highest BCUT2D eigenvalue weighted by atomic mass is 79.9. The number of benzene rings is 1. The molecule has 1 saturated heterocycles. The largest absolute Gasteiger partial charge is 0.399 e. The summed E-state index contributed by atoms with van der Waals surface area (Å²) < 4.78 is 28.2. The van der Waals surface area contributed by atoms with E-state index < -0.39 is 10.0 Å². The van der Waals surface area contributed by atoms with Gasteiger partial charge in [0, 0.05) is 40.3 Å². The molecule has 112 valence electrons. The van der Waals surface area contributed by atoms with Crippen molar-refractivity contribution >= 4 is 47.6 Å². The molecule has 0 saturated carbocycles. The van der Waals surface area contributed by atoms with Crippen LogP contribution in [0.4, 0.5) is 5.69 Å². The fraction of sp³-hybridized carbons (Fsp3) is 0.500. The van der Waals surface area contributed by atoms with E-state index in [1.807, 2.05) is 14.0 Å². The second-order valence-corrected chi connectivity index (χ2v) is 8.58. The molecule has 1 aliphatic rings. The molecule has 20 heavy (non-hydrogen) atoms. The monoisotopic (exact) mass is 425 g/mol. The molecule has 2 N–H and O–H groups in total. The lowest BCUT2D eigenvalue weighted by atomic mass is 10.2. The summed E-state index contributed by atoms with van der Waals surface area (Å²) in [4.78, 5) is 2.37. The van der Waals surface area contributed by atoms with E-state index in [2.05, 4.69) is 36.8 Å². The molecule has 8 heteroatoms. The number of hydrogen-bond donors (Lipinski definition) is 1. The van der Waals surface area contributed by atoms with Crippen molar-refractivity contribution in [2.75, 3.05) is 32.4 Å². The van der Waals surface area contributed by atoms with Gasteiger partial charge in [0.15, 0.2) is 0 Å². The third-order valence-corrected chi connectivity index (χ3v) is 7.25. The predicted molar refractivity (Wildman–Crippen MR) is 87.1 cm³/mol. The first-order valence-electron chi connectivity index (χ1n) is 6.18. The molecule has 0 amide bonds. The molecule has 2 rings (SSSR count). The maximum absolute atomic E-state index is 12.9. The Morgan fingerprint density at radius 3 is 2.30 bits per heavy atom. The van der Waals surface area contributed by atoms with Crippen LogP contribution < -0.4 is 5.73 Å². The van der Waals surface area contributed by atoms with Crippen molar-refractivity contribution in [1.29, 1.82) is 0 Å². The van der Waals surface area contributed by atoms with E-state index in [9.17, 15) is 8.42 Å². The lowest BCUT2D eigenvalue weighted by molar-refractivity contribution is 0.170. The highest BCUT2D eigenvalue weighted by Gasteiger charge is 2.35. The smallest absolute Gasteiger partial charge is 0.245 e. The summed E-state index contributed by atoms with van der Waals surface area (Å²) in [5, 5.41) is 0. The number of likely N-dealkylation sites (N-methyl/N-ethyl adjacent to an activating group) is 1. The zero-order valence-electron chi connectivity index (χ0n) is 11.3. The minimum atomic E-state index is -3.56. The number of piperazine rings is 1. The molecule has 1 fully saturated rings. The fourth-order valence-corrected chi connectivity index (χ4v) is 6.58. The van der Waals surface area contributed by atoms with Crippen molar-refractivity contribution in [2.24, 2.45) is 0 Å². The molecular weight excluding hydrogens is 410 g/mol. The molecule has 0 bridgehead atoms. The molecular formula is C12H17Br2N3O2S. The summed E-state index contributed by atoms with van der Waals surface area (Å²) >= 11 is 6.61. The van der Waals surface area contributed by atoms with Crippen LogP contribution in [0.5, 0.6) is 0 Å². The highest BCUT2D eigenvalue weighted by molar-refractivity contribution is 9.11. The standard InChI is InChI=1S/C12H17Br2N3O2S/c1-8-7-16(2)3-4-17(8)20(18,19)12-10(13)5-9(15)6-11(12)14/h5-6,8H,3-4,7,15H2,1-2H3. The number of nitrogens with zero attached hydrogens (tertiary/aromatic N) is 2. The average molecular weight is 427 g/mol. The van der Waals surface area contributed by atoms with Crippen LogP contribution in [0.25, 0.3) is 0 Å². The van der Waals surface area contributed by atoms with Gasteiger partial charge < -0.3 is 10.6 Å². The van der Waals surface area contributed by atoms with E-state index in [4.69, 9.17) is 5.73 Å². The number of rotatable bonds is 2. The Kier molecular flexibility index (Phi) is 4.80. The quantitative estimate of drug-likeness (QED) is 0.735. The maximum atomic E-state index is 12.9. The fourth-order valence-electron chi connectivity index (χ4n) is 2.42. The van der Waals surface area contributed by atoms with Crippen molar-refractivity contribution in [1.82, 2.24) is 9.21 Å². The Morgan fingerprint density at radius 1 is 1.25 bits per heavy atom. The van der Waals surface area contributed by atoms with Gasteiger partial charge in [-0.1, -0.05) is 0 Å². The molecule has 0 spiro atoms. The van der Waals surface area contributed by atoms with Gasteiger partial charge in [-0.2, -0.15) is 4.31 Å². The number of nitrogen functional groups attached to an aromatic ring is 1. The molecule has 0 aromatic heterocycles. The Balaban J connectivity index is 2.46. The van der Waals surface area contributed by atoms with Crippen LogP contribution in [-0.2, 0) is 10.0 Å². The van der Waals surface area contributed by atoms with E-state index in [1.54, 1.807) is 16.4 Å². The molecule has 1 atom stereocenters. The van der Waals surface area contributed by atoms with Crippen LogP contribution in [0.3, 0.4) is 0 Å². The molecule has 0 radical (unpaired) electrons. The van der Waals surface area contributed by atoms with E-state index in [1.165, 1.54) is 0 Å². The highest BCUT2D eigenvalue weighted by Crippen LogP contribution is 2.35. The number of anilines is 1. The van der Waals surface area contributed by atoms with Crippen LogP contribution in [0.2, 0.25) is 0 Å². The van der Waals surface area contributed by atoms with E-state index in [0.29, 0.717) is 21.2 Å². The molecule has 1 aromatic rings. The number of halogens is 2. The topological polar surface area (TPSA) is 66.6 Å². The maximum Gasteiger partial charge on any atom is 0.245 e. The van der Waals surface area contributed by atoms with Crippen molar-refractivity contribution in [3.63, 3.8) is 0 Å². The minimum absolute atomic E-state index is 0.0601. The Bertz CT molecular complexity index is 598. The van der Waals surface area contributed by atoms with Gasteiger partial charge in [-0.05, 0) is 58.0 Å². The third-order valence-electron chi connectivity index (χ3n) is 3.36. The van der Waals surface area contributed by atoms with E-state index in [-0.39, 0.29) is 10.9 Å². The van der Waals surface area contributed by atoms with Crippen LogP contribution in [0.1, 0.15) is 6.92 Å². The second kappa shape index (κ2) is 5.92. The first-order chi connectivity index (χ1) is 9.23. The summed E-state index contributed by atoms with van der Waals surface area (Å²) in [7, 11) is -1.56. The van der Waals surface area contributed by atoms with Gasteiger partial charge in [0.2, 0.25) is 10.0 Å². The Hall–Kier alpha value is -0.150. The number of sulfonamides is 1. The molecule has 1 aromatic carbocycles. The first kappa shape index (κ1) is 16.2. The van der Waals surface area contributed by atoms with Crippen LogP contribution in [0, 0.1) is 0 Å². The van der Waals surface area contributed by atoms with Gasteiger partial charge in [-0.15, -0.1) is 0 Å². The lowest BCUT2D eigenvalue weighted by Crippen LogP contribution is -2.52. The van der Waals surface area contributed by atoms with Crippen molar-refractivity contribution in [3.05, 3.63) is 21.1 Å². The molecule has 0 aliphatic carbocycles. The predicted octanol–water partition coefficient (Wildman–Crippen LogP) is 2.12. The van der Waals surface area contributed by atoms with Crippen LogP contribution in [-0.4, -0.2) is 50.3 Å². The average Bonchev–Trinajstić information content (AvgIpc) is 2.25. The summed E-state index contributed by atoms with van der Waals surface area (Å²) in [6, 6.07) is 3.16. The molecule has 1 unspecified atom stereocenters. The van der Waals surface area contributed by atoms with Gasteiger partial charge in [-0.25, -0.2) is 8.42 Å². The molecule has 1 heterocycles. The number of hydrogen-bond acceptors (Lipinski definition) is 4. The van der Waals surface area contributed by atoms with Crippen molar-refractivity contribution in [3.8, 4) is 0 Å². The third kappa shape index (κ3) is 3.04. The first-order valence-corrected chi connectivity index (χ1v) is 9.21. The van der Waals surface area contributed by atoms with Gasteiger partial charge in [0.1, 0.15) is 4.90 Å². The van der Waals surface area contributed by atoms with Crippen LogP contribution in [0.15, 0.2) is 26.0 Å². The van der Waals surface area contributed by atoms with E-state index >= 15 is 0 Å². The van der Waals surface area contributed by atoms with Crippen molar-refractivity contribution in [2.45, 2.75) is 17.9 Å². The van der Waals surface area contributed by atoms with Gasteiger partial charge in [-0.3, -0.25) is 0 Å². The molecule has 5 nitrogen and oxygen atoms in total. The summed E-state index contributed by atoms with van der Waals surface area (Å²) in [6.45, 7) is 3.87. The van der Waals surface area contributed by atoms with Gasteiger partial charge in [0.05, 0.1) is 0 Å². The van der Waals surface area contributed by atoms with Gasteiger partial charge in [0.25, 0.3) is 0 Å². The van der Waals surface area contributed by atoms with Gasteiger partial charge >= 0.3 is 0 Å². The summed E-state index contributed by atoms with van der Waals surface area (Å²) in [5.74, 6) is 0.